The maximum atomic E-state index is 13.0. The Labute approximate surface area is 221 Å². The van der Waals surface area contributed by atoms with E-state index >= 15 is 0 Å². The first-order chi connectivity index (χ1) is 18.4. The third-order valence-corrected chi connectivity index (χ3v) is 6.54. The molecule has 4 rings (SSSR count). The van der Waals surface area contributed by atoms with Gasteiger partial charge in [0, 0.05) is 5.56 Å². The fourth-order valence-corrected chi connectivity index (χ4v) is 4.67. The van der Waals surface area contributed by atoms with E-state index in [4.69, 9.17) is 28.4 Å². The number of aryl methyl sites for hydroxylation is 1. The number of fused-ring (bicyclic) bond motifs is 3. The number of amides is 1. The first kappa shape index (κ1) is 26.7. The molecule has 1 aliphatic carbocycles. The zero-order valence-corrected chi connectivity index (χ0v) is 22.1. The first-order valence-electron chi connectivity index (χ1n) is 12.0. The molecule has 3 aromatic carbocycles. The van der Waals surface area contributed by atoms with Crippen LogP contribution in [0.2, 0.25) is 0 Å². The highest BCUT2D eigenvalue weighted by molar-refractivity contribution is 5.83. The summed E-state index contributed by atoms with van der Waals surface area (Å²) in [5.41, 5.74) is 3.51. The Hall–Kier alpha value is -4.40. The van der Waals surface area contributed by atoms with Crippen molar-refractivity contribution in [2.24, 2.45) is 0 Å². The summed E-state index contributed by atoms with van der Waals surface area (Å²) < 4.78 is 32.9. The van der Waals surface area contributed by atoms with Crippen LogP contribution in [0.15, 0.2) is 53.3 Å². The molecule has 0 aromatic heterocycles. The van der Waals surface area contributed by atoms with Crippen molar-refractivity contribution >= 4 is 6.09 Å². The molecule has 0 fully saturated rings. The Kier molecular flexibility index (Phi) is 8.25. The number of nitrogens with one attached hydrogen (secondary N) is 1. The van der Waals surface area contributed by atoms with Crippen molar-refractivity contribution < 1.29 is 33.2 Å². The van der Waals surface area contributed by atoms with E-state index in [0.717, 1.165) is 16.7 Å². The van der Waals surface area contributed by atoms with Gasteiger partial charge in [0.15, 0.2) is 17.2 Å². The Morgan fingerprint density at radius 3 is 2.18 bits per heavy atom. The Morgan fingerprint density at radius 1 is 0.842 bits per heavy atom. The van der Waals surface area contributed by atoms with Crippen molar-refractivity contribution in [1.82, 2.24) is 5.32 Å². The lowest BCUT2D eigenvalue weighted by Crippen LogP contribution is -2.29. The molecule has 0 bridgehead atoms. The molecule has 0 spiro atoms. The van der Waals surface area contributed by atoms with Gasteiger partial charge in [-0.3, -0.25) is 4.79 Å². The molecule has 0 radical (unpaired) electrons. The van der Waals surface area contributed by atoms with Gasteiger partial charge in [-0.2, -0.15) is 0 Å². The zero-order chi connectivity index (χ0) is 27.2. The predicted molar refractivity (Wildman–Crippen MR) is 142 cm³/mol. The SMILES string of the molecule is COc1ccc(COC(=O)NC2CCc3cc(OC)c(OC)c(OC)c3-c3ccc(OC)c(=O)cc32)cc1. The fourth-order valence-electron chi connectivity index (χ4n) is 4.67. The number of alkyl carbamates (subject to hydrolysis) is 1. The van der Waals surface area contributed by atoms with Crippen LogP contribution >= 0.6 is 0 Å². The van der Waals surface area contributed by atoms with Crippen LogP contribution in [0.5, 0.6) is 28.7 Å². The van der Waals surface area contributed by atoms with Crippen molar-refractivity contribution in [2.75, 3.05) is 35.5 Å². The number of rotatable bonds is 8. The average molecular weight is 522 g/mol. The van der Waals surface area contributed by atoms with Gasteiger partial charge in [-0.15, -0.1) is 0 Å². The number of hydrogen-bond acceptors (Lipinski definition) is 8. The van der Waals surface area contributed by atoms with Crippen molar-refractivity contribution in [3.63, 3.8) is 0 Å². The summed E-state index contributed by atoms with van der Waals surface area (Å²) in [5, 5.41) is 2.95. The van der Waals surface area contributed by atoms with Gasteiger partial charge in [-0.25, -0.2) is 4.79 Å². The highest BCUT2D eigenvalue weighted by Crippen LogP contribution is 2.50. The Balaban J connectivity index is 1.74. The lowest BCUT2D eigenvalue weighted by molar-refractivity contribution is 0.135. The Bertz CT molecular complexity index is 1370. The van der Waals surface area contributed by atoms with E-state index in [9.17, 15) is 9.59 Å². The van der Waals surface area contributed by atoms with Crippen LogP contribution in [-0.2, 0) is 17.8 Å². The third kappa shape index (κ3) is 5.32. The van der Waals surface area contributed by atoms with Crippen LogP contribution in [0, 0.1) is 0 Å². The molecule has 9 nitrogen and oxygen atoms in total. The maximum Gasteiger partial charge on any atom is 0.407 e. The van der Waals surface area contributed by atoms with E-state index in [-0.39, 0.29) is 17.8 Å². The number of benzene rings is 2. The molecule has 1 aliphatic rings. The van der Waals surface area contributed by atoms with Crippen molar-refractivity contribution in [1.29, 1.82) is 0 Å². The summed E-state index contributed by atoms with van der Waals surface area (Å²) in [5.74, 6) is 2.33. The van der Waals surface area contributed by atoms with E-state index in [1.54, 1.807) is 45.6 Å². The van der Waals surface area contributed by atoms with Crippen LogP contribution in [0.3, 0.4) is 0 Å². The fraction of sp³-hybridized carbons (Fsp3) is 0.310. The van der Waals surface area contributed by atoms with Crippen molar-refractivity contribution in [3.8, 4) is 39.9 Å². The molecule has 1 atom stereocenters. The van der Waals surface area contributed by atoms with Gasteiger partial charge in [-0.05, 0) is 65.4 Å². The summed E-state index contributed by atoms with van der Waals surface area (Å²) in [6, 6.07) is 13.5. The molecule has 0 aliphatic heterocycles. The summed E-state index contributed by atoms with van der Waals surface area (Å²) in [4.78, 5) is 25.9. The predicted octanol–water partition coefficient (Wildman–Crippen LogP) is 4.67. The quantitative estimate of drug-likeness (QED) is 0.456. The minimum absolute atomic E-state index is 0.0844. The van der Waals surface area contributed by atoms with E-state index in [1.165, 1.54) is 20.3 Å². The molecular weight excluding hydrogens is 490 g/mol. The van der Waals surface area contributed by atoms with Gasteiger partial charge in [0.1, 0.15) is 12.4 Å². The summed E-state index contributed by atoms with van der Waals surface area (Å²) in [7, 11) is 7.68. The minimum Gasteiger partial charge on any atom is -0.497 e. The first-order valence-corrected chi connectivity index (χ1v) is 12.0. The van der Waals surface area contributed by atoms with Gasteiger partial charge >= 0.3 is 6.09 Å². The molecule has 1 unspecified atom stereocenters. The Morgan fingerprint density at radius 2 is 1.55 bits per heavy atom. The number of methoxy groups -OCH3 is 5. The summed E-state index contributed by atoms with van der Waals surface area (Å²) in [6.07, 6.45) is 0.470. The second-order valence-electron chi connectivity index (χ2n) is 8.62. The second kappa shape index (κ2) is 11.8. The van der Waals surface area contributed by atoms with Crippen molar-refractivity contribution in [2.45, 2.75) is 25.5 Å². The highest BCUT2D eigenvalue weighted by Gasteiger charge is 2.30. The molecule has 0 saturated heterocycles. The van der Waals surface area contributed by atoms with Gasteiger partial charge in [-0.1, -0.05) is 18.2 Å². The molecule has 9 heteroatoms. The van der Waals surface area contributed by atoms with E-state index < -0.39 is 12.1 Å². The van der Waals surface area contributed by atoms with E-state index in [1.807, 2.05) is 18.2 Å². The van der Waals surface area contributed by atoms with Gasteiger partial charge < -0.3 is 33.7 Å². The monoisotopic (exact) mass is 521 g/mol. The molecule has 3 aromatic rings. The lowest BCUT2D eigenvalue weighted by atomic mass is 9.95. The topological polar surface area (TPSA) is 102 Å². The van der Waals surface area contributed by atoms with Crippen LogP contribution in [0.25, 0.3) is 11.1 Å². The molecule has 1 amide bonds. The molecular formula is C29H31NO8. The molecule has 38 heavy (non-hydrogen) atoms. The summed E-state index contributed by atoms with van der Waals surface area (Å²) >= 11 is 0. The minimum atomic E-state index is -0.601. The zero-order valence-electron chi connectivity index (χ0n) is 22.1. The number of ether oxygens (including phenoxy) is 6. The second-order valence-corrected chi connectivity index (χ2v) is 8.62. The van der Waals surface area contributed by atoms with Crippen LogP contribution < -0.4 is 34.4 Å². The lowest BCUT2D eigenvalue weighted by Gasteiger charge is -2.20. The number of carbonyl (C=O) groups excluding carboxylic acids is 1. The molecule has 0 heterocycles. The van der Waals surface area contributed by atoms with Gasteiger partial charge in [0.2, 0.25) is 11.2 Å². The third-order valence-electron chi connectivity index (χ3n) is 6.54. The average Bonchev–Trinajstić information content (AvgIpc) is 3.19. The molecule has 200 valence electrons. The number of hydrogen-bond donors (Lipinski definition) is 1. The van der Waals surface area contributed by atoms with Crippen LogP contribution in [0.1, 0.15) is 29.2 Å². The van der Waals surface area contributed by atoms with Crippen LogP contribution in [-0.4, -0.2) is 41.6 Å². The molecule has 1 N–H and O–H groups in total. The summed E-state index contributed by atoms with van der Waals surface area (Å²) in [6.45, 7) is 0.0844. The molecule has 0 saturated carbocycles. The van der Waals surface area contributed by atoms with Gasteiger partial charge in [0.05, 0.1) is 41.6 Å². The van der Waals surface area contributed by atoms with Gasteiger partial charge in [0.25, 0.3) is 0 Å². The standard InChI is InChI=1S/C29H31NO8/c1-33-19-9-6-17(7-10-19)16-38-29(32)30-22-12-8-18-14-25(35-3)27(36-4)28(37-5)26(18)20-11-13-24(34-2)23(31)15-21(20)22/h6-7,9-11,13-15,22H,8,12,16H2,1-5H3,(H,30,32). The van der Waals surface area contributed by atoms with E-state index in [2.05, 4.69) is 5.32 Å². The van der Waals surface area contributed by atoms with E-state index in [0.29, 0.717) is 47.0 Å². The van der Waals surface area contributed by atoms with Crippen molar-refractivity contribution in [3.05, 3.63) is 75.4 Å². The maximum absolute atomic E-state index is 13.0. The largest absolute Gasteiger partial charge is 0.497 e. The highest BCUT2D eigenvalue weighted by atomic mass is 16.5. The normalized spacial score (nSPS) is 13.8. The van der Waals surface area contributed by atoms with Crippen LogP contribution in [0.4, 0.5) is 4.79 Å². The smallest absolute Gasteiger partial charge is 0.407 e. The number of carbonyl (C=O) groups is 1.